The quantitative estimate of drug-likeness (QED) is 0.530. The van der Waals surface area contributed by atoms with Gasteiger partial charge in [0.25, 0.3) is 0 Å². The van der Waals surface area contributed by atoms with Gasteiger partial charge in [-0.3, -0.25) is 9.59 Å². The van der Waals surface area contributed by atoms with Crippen molar-refractivity contribution in [3.63, 3.8) is 0 Å². The van der Waals surface area contributed by atoms with Gasteiger partial charge in [-0.05, 0) is 34.5 Å². The zero-order chi connectivity index (χ0) is 17.4. The Balaban J connectivity index is 1.70. The first-order valence-electron chi connectivity index (χ1n) is 7.27. The summed E-state index contributed by atoms with van der Waals surface area (Å²) in [7, 11) is 1.33. The number of carbonyl (C=O) groups is 2. The normalized spacial score (nSPS) is 10.2. The third-order valence-electron chi connectivity index (χ3n) is 2.99. The van der Waals surface area contributed by atoms with E-state index in [1.165, 1.54) is 18.4 Å². The molecule has 1 amide bonds. The van der Waals surface area contributed by atoms with Crippen LogP contribution in [0.2, 0.25) is 0 Å². The van der Waals surface area contributed by atoms with Crippen molar-refractivity contribution in [1.29, 1.82) is 0 Å². The highest BCUT2D eigenvalue weighted by molar-refractivity contribution is 9.10. The molecule has 0 saturated heterocycles. The molecule has 0 spiro atoms. The molecule has 0 saturated carbocycles. The molecule has 0 fully saturated rings. The number of anilines is 1. The van der Waals surface area contributed by atoms with E-state index in [1.807, 2.05) is 24.3 Å². The van der Waals surface area contributed by atoms with Crippen LogP contribution in [0.4, 0.5) is 5.13 Å². The van der Waals surface area contributed by atoms with Crippen LogP contribution in [0.5, 0.6) is 5.75 Å². The molecule has 0 bridgehead atoms. The van der Waals surface area contributed by atoms with Gasteiger partial charge in [-0.1, -0.05) is 12.1 Å². The smallest absolute Gasteiger partial charge is 0.311 e. The minimum Gasteiger partial charge on any atom is -0.492 e. The number of ether oxygens (including phenoxy) is 2. The Labute approximate surface area is 152 Å². The van der Waals surface area contributed by atoms with E-state index in [-0.39, 0.29) is 18.3 Å². The highest BCUT2D eigenvalue weighted by Gasteiger charge is 2.10. The first-order valence-corrected chi connectivity index (χ1v) is 8.94. The van der Waals surface area contributed by atoms with Crippen LogP contribution in [0.3, 0.4) is 0 Å². The molecule has 0 unspecified atom stereocenters. The Bertz CT molecular complexity index is 705. The Morgan fingerprint density at radius 2 is 2.12 bits per heavy atom. The number of benzene rings is 1. The number of nitrogens with zero attached hydrogens (tertiary/aromatic N) is 1. The number of halogens is 1. The van der Waals surface area contributed by atoms with Gasteiger partial charge in [-0.25, -0.2) is 4.98 Å². The first-order chi connectivity index (χ1) is 11.6. The molecule has 0 aliphatic rings. The van der Waals surface area contributed by atoms with Crippen LogP contribution in [0.15, 0.2) is 34.1 Å². The number of amides is 1. The third-order valence-corrected chi connectivity index (χ3v) is 4.46. The summed E-state index contributed by atoms with van der Waals surface area (Å²) in [5.74, 6) is 0.261. The van der Waals surface area contributed by atoms with Crippen LogP contribution < -0.4 is 10.1 Å². The first kappa shape index (κ1) is 18.4. The molecule has 24 heavy (non-hydrogen) atoms. The van der Waals surface area contributed by atoms with Gasteiger partial charge in [0.05, 0.1) is 30.3 Å². The van der Waals surface area contributed by atoms with E-state index in [9.17, 15) is 9.59 Å². The SMILES string of the molecule is COC(=O)Cc1csc(NC(=O)CCCOc2ccccc2Br)n1. The van der Waals surface area contributed by atoms with Gasteiger partial charge in [0.15, 0.2) is 5.13 Å². The molecule has 1 N–H and O–H groups in total. The van der Waals surface area contributed by atoms with Crippen molar-refractivity contribution >= 4 is 44.3 Å². The van der Waals surface area contributed by atoms with Crippen LogP contribution in [0.1, 0.15) is 18.5 Å². The topological polar surface area (TPSA) is 77.5 Å². The maximum Gasteiger partial charge on any atom is 0.311 e. The number of hydrogen-bond donors (Lipinski definition) is 1. The summed E-state index contributed by atoms with van der Waals surface area (Å²) >= 11 is 4.68. The van der Waals surface area contributed by atoms with Crippen LogP contribution >= 0.6 is 27.3 Å². The Morgan fingerprint density at radius 3 is 2.88 bits per heavy atom. The maximum absolute atomic E-state index is 11.9. The molecule has 128 valence electrons. The number of carbonyl (C=O) groups excluding carboxylic acids is 2. The second kappa shape index (κ2) is 9.39. The lowest BCUT2D eigenvalue weighted by Crippen LogP contribution is -2.13. The molecule has 2 rings (SSSR count). The standard InChI is InChI=1S/C16H17BrN2O4S/c1-22-15(21)9-11-10-24-16(18-11)19-14(20)7-4-8-23-13-6-3-2-5-12(13)17/h2-3,5-6,10H,4,7-9H2,1H3,(H,18,19,20). The Hall–Kier alpha value is -1.93. The number of rotatable bonds is 8. The lowest BCUT2D eigenvalue weighted by molar-refractivity contribution is -0.139. The minimum absolute atomic E-state index is 0.0999. The third kappa shape index (κ3) is 5.93. The number of hydrogen-bond acceptors (Lipinski definition) is 6. The van der Waals surface area contributed by atoms with Gasteiger partial charge < -0.3 is 14.8 Å². The van der Waals surface area contributed by atoms with E-state index < -0.39 is 0 Å². The zero-order valence-electron chi connectivity index (χ0n) is 13.1. The van der Waals surface area contributed by atoms with Gasteiger partial charge >= 0.3 is 5.97 Å². The molecule has 0 aliphatic carbocycles. The Morgan fingerprint density at radius 1 is 1.33 bits per heavy atom. The van der Waals surface area contributed by atoms with E-state index >= 15 is 0 Å². The van der Waals surface area contributed by atoms with Crippen molar-refractivity contribution < 1.29 is 19.1 Å². The minimum atomic E-state index is -0.359. The average Bonchev–Trinajstić information content (AvgIpc) is 2.99. The molecule has 1 heterocycles. The van der Waals surface area contributed by atoms with Crippen molar-refractivity contribution in [1.82, 2.24) is 4.98 Å². The summed E-state index contributed by atoms with van der Waals surface area (Å²) in [6.07, 6.45) is 1.02. The summed E-state index contributed by atoms with van der Waals surface area (Å²) in [6.45, 7) is 0.446. The second-order valence-electron chi connectivity index (χ2n) is 4.83. The van der Waals surface area contributed by atoms with Gasteiger partial charge in [0.1, 0.15) is 5.75 Å². The monoisotopic (exact) mass is 412 g/mol. The van der Waals surface area contributed by atoms with Crippen LogP contribution in [-0.2, 0) is 20.7 Å². The molecule has 1 aromatic heterocycles. The fraction of sp³-hybridized carbons (Fsp3) is 0.312. The van der Waals surface area contributed by atoms with Gasteiger partial charge in [0, 0.05) is 11.8 Å². The fourth-order valence-corrected chi connectivity index (χ4v) is 2.95. The Kier molecular flexibility index (Phi) is 7.20. The molecule has 0 radical (unpaired) electrons. The van der Waals surface area contributed by atoms with E-state index in [4.69, 9.17) is 4.74 Å². The number of aromatic nitrogens is 1. The van der Waals surface area contributed by atoms with E-state index in [0.29, 0.717) is 30.3 Å². The van der Waals surface area contributed by atoms with Crippen molar-refractivity contribution in [2.45, 2.75) is 19.3 Å². The lowest BCUT2D eigenvalue weighted by Gasteiger charge is -2.07. The summed E-state index contributed by atoms with van der Waals surface area (Å²) < 4.78 is 11.1. The van der Waals surface area contributed by atoms with Crippen LogP contribution in [-0.4, -0.2) is 30.6 Å². The number of esters is 1. The van der Waals surface area contributed by atoms with Crippen LogP contribution in [0.25, 0.3) is 0 Å². The second-order valence-corrected chi connectivity index (χ2v) is 6.54. The van der Waals surface area contributed by atoms with Gasteiger partial charge in [-0.2, -0.15) is 0 Å². The number of methoxy groups -OCH3 is 1. The summed E-state index contributed by atoms with van der Waals surface area (Å²) in [4.78, 5) is 27.2. The van der Waals surface area contributed by atoms with Crippen molar-refractivity contribution in [2.75, 3.05) is 19.0 Å². The predicted octanol–water partition coefficient (Wildman–Crippen LogP) is 3.42. The lowest BCUT2D eigenvalue weighted by atomic mass is 10.3. The molecular formula is C16H17BrN2O4S. The number of para-hydroxylation sites is 1. The highest BCUT2D eigenvalue weighted by atomic mass is 79.9. The summed E-state index contributed by atoms with van der Waals surface area (Å²) in [5.41, 5.74) is 0.583. The van der Waals surface area contributed by atoms with E-state index in [2.05, 4.69) is 31.0 Å². The molecule has 8 heteroatoms. The molecule has 2 aromatic rings. The zero-order valence-corrected chi connectivity index (χ0v) is 15.5. The van der Waals surface area contributed by atoms with Gasteiger partial charge in [-0.15, -0.1) is 11.3 Å². The molecule has 0 aliphatic heterocycles. The van der Waals surface area contributed by atoms with Crippen molar-refractivity contribution in [3.8, 4) is 5.75 Å². The van der Waals surface area contributed by atoms with Crippen LogP contribution in [0, 0.1) is 0 Å². The largest absolute Gasteiger partial charge is 0.492 e. The summed E-state index contributed by atoms with van der Waals surface area (Å²) in [6, 6.07) is 7.56. The number of nitrogens with one attached hydrogen (secondary N) is 1. The van der Waals surface area contributed by atoms with Gasteiger partial charge in [0.2, 0.25) is 5.91 Å². The van der Waals surface area contributed by atoms with E-state index in [1.54, 1.807) is 5.38 Å². The fourth-order valence-electron chi connectivity index (χ4n) is 1.82. The molecule has 1 aromatic carbocycles. The molecule has 0 atom stereocenters. The van der Waals surface area contributed by atoms with Crippen molar-refractivity contribution in [3.05, 3.63) is 39.8 Å². The number of thiazole rings is 1. The molecular weight excluding hydrogens is 396 g/mol. The highest BCUT2D eigenvalue weighted by Crippen LogP contribution is 2.24. The van der Waals surface area contributed by atoms with E-state index in [0.717, 1.165) is 10.2 Å². The molecule has 6 nitrogen and oxygen atoms in total. The maximum atomic E-state index is 11.9. The van der Waals surface area contributed by atoms with Crippen molar-refractivity contribution in [2.24, 2.45) is 0 Å². The average molecular weight is 413 g/mol. The predicted molar refractivity (Wildman–Crippen MR) is 95.3 cm³/mol. The summed E-state index contributed by atoms with van der Waals surface area (Å²) in [5, 5.41) is 4.92.